The molecule has 0 radical (unpaired) electrons. The molecule has 0 aliphatic carbocycles. The number of aromatic nitrogens is 1. The molecular formula is C34H33NO2. The van der Waals surface area contributed by atoms with Crippen LogP contribution in [0.25, 0.3) is 55.3 Å². The molecule has 3 aromatic heterocycles. The van der Waals surface area contributed by atoms with E-state index in [4.69, 9.17) is 13.8 Å². The van der Waals surface area contributed by atoms with Crippen molar-refractivity contribution in [2.45, 2.75) is 53.4 Å². The Morgan fingerprint density at radius 1 is 0.838 bits per heavy atom. The molecule has 0 aliphatic rings. The summed E-state index contributed by atoms with van der Waals surface area (Å²) in [5.74, 6) is 2.36. The van der Waals surface area contributed by atoms with E-state index in [0.717, 1.165) is 56.7 Å². The first-order valence-electron chi connectivity index (χ1n) is 13.1. The SMILES string of the molecule is Cc1oc2cccc(-c3cc4c(-c5cc(C(C)(C)C)c6ccccc6c5)nccc4o3)c2c1CC(C)C. The summed E-state index contributed by atoms with van der Waals surface area (Å²) in [6.45, 7) is 13.4. The van der Waals surface area contributed by atoms with Gasteiger partial charge in [-0.1, -0.05) is 71.0 Å². The summed E-state index contributed by atoms with van der Waals surface area (Å²) in [5, 5.41) is 4.70. The molecule has 0 atom stereocenters. The number of aryl methyl sites for hydroxylation is 1. The largest absolute Gasteiger partial charge is 0.461 e. The predicted octanol–water partition coefficient (Wildman–Crippen LogP) is 9.87. The number of furan rings is 2. The number of hydrogen-bond donors (Lipinski definition) is 0. The normalized spacial score (nSPS) is 12.4. The van der Waals surface area contributed by atoms with E-state index in [9.17, 15) is 0 Å². The maximum absolute atomic E-state index is 6.50. The molecule has 0 saturated heterocycles. The Balaban J connectivity index is 1.57. The van der Waals surface area contributed by atoms with Crippen molar-refractivity contribution < 1.29 is 8.83 Å². The number of hydrogen-bond acceptors (Lipinski definition) is 3. The summed E-state index contributed by atoms with van der Waals surface area (Å²) >= 11 is 0. The van der Waals surface area contributed by atoms with Crippen LogP contribution in [0.3, 0.4) is 0 Å². The van der Waals surface area contributed by atoms with Crippen LogP contribution in [0, 0.1) is 12.8 Å². The molecule has 37 heavy (non-hydrogen) atoms. The molecule has 0 N–H and O–H groups in total. The molecule has 3 nitrogen and oxygen atoms in total. The van der Waals surface area contributed by atoms with Crippen molar-refractivity contribution in [1.82, 2.24) is 4.98 Å². The Morgan fingerprint density at radius 2 is 1.65 bits per heavy atom. The first-order chi connectivity index (χ1) is 17.7. The first kappa shape index (κ1) is 23.5. The van der Waals surface area contributed by atoms with Crippen LogP contribution >= 0.6 is 0 Å². The molecule has 0 spiro atoms. The second-order valence-electron chi connectivity index (χ2n) is 11.6. The summed E-state index contributed by atoms with van der Waals surface area (Å²) in [6.07, 6.45) is 2.82. The van der Waals surface area contributed by atoms with Crippen molar-refractivity contribution in [2.75, 3.05) is 0 Å². The lowest BCUT2D eigenvalue weighted by molar-refractivity contribution is 0.560. The van der Waals surface area contributed by atoms with Gasteiger partial charge in [-0.05, 0) is 71.3 Å². The summed E-state index contributed by atoms with van der Waals surface area (Å²) in [4.78, 5) is 4.86. The molecule has 3 heteroatoms. The van der Waals surface area contributed by atoms with Crippen molar-refractivity contribution in [3.05, 3.63) is 89.8 Å². The third kappa shape index (κ3) is 4.03. The molecule has 0 bridgehead atoms. The Kier molecular flexibility index (Phi) is 5.49. The molecule has 186 valence electrons. The highest BCUT2D eigenvalue weighted by Crippen LogP contribution is 2.41. The van der Waals surface area contributed by atoms with Crippen LogP contribution in [0.2, 0.25) is 0 Å². The van der Waals surface area contributed by atoms with Gasteiger partial charge in [0.1, 0.15) is 22.7 Å². The molecule has 3 aromatic carbocycles. The number of rotatable bonds is 4. The minimum atomic E-state index is 0.00662. The Hall–Kier alpha value is -3.85. The van der Waals surface area contributed by atoms with Crippen LogP contribution < -0.4 is 0 Å². The fraction of sp³-hybridized carbons (Fsp3) is 0.265. The number of nitrogens with zero attached hydrogens (tertiary/aromatic N) is 1. The summed E-state index contributed by atoms with van der Waals surface area (Å²) in [7, 11) is 0. The molecule has 0 unspecified atom stereocenters. The quantitative estimate of drug-likeness (QED) is 0.248. The van der Waals surface area contributed by atoms with Gasteiger partial charge in [-0.25, -0.2) is 0 Å². The zero-order valence-electron chi connectivity index (χ0n) is 22.5. The number of benzene rings is 3. The molecule has 6 rings (SSSR count). The third-order valence-electron chi connectivity index (χ3n) is 7.28. The van der Waals surface area contributed by atoms with Crippen molar-refractivity contribution in [2.24, 2.45) is 5.92 Å². The van der Waals surface area contributed by atoms with E-state index in [1.54, 1.807) is 0 Å². The molecule has 0 amide bonds. The number of fused-ring (bicyclic) bond motifs is 3. The first-order valence-corrected chi connectivity index (χ1v) is 13.1. The summed E-state index contributed by atoms with van der Waals surface area (Å²) in [6, 6.07) is 23.5. The zero-order chi connectivity index (χ0) is 25.9. The van der Waals surface area contributed by atoms with Gasteiger partial charge in [0.25, 0.3) is 0 Å². The highest BCUT2D eigenvalue weighted by Gasteiger charge is 2.22. The second kappa shape index (κ2) is 8.62. The van der Waals surface area contributed by atoms with E-state index in [2.05, 4.69) is 96.1 Å². The zero-order valence-corrected chi connectivity index (χ0v) is 22.5. The Morgan fingerprint density at radius 3 is 2.43 bits per heavy atom. The van der Waals surface area contributed by atoms with Crippen molar-refractivity contribution in [1.29, 1.82) is 0 Å². The highest BCUT2D eigenvalue weighted by molar-refractivity contribution is 6.01. The van der Waals surface area contributed by atoms with Crippen LogP contribution in [0.1, 0.15) is 51.5 Å². The molecule has 3 heterocycles. The average Bonchev–Trinajstić information content (AvgIpc) is 3.43. The van der Waals surface area contributed by atoms with E-state index in [0.29, 0.717) is 5.92 Å². The lowest BCUT2D eigenvalue weighted by Gasteiger charge is -2.22. The van der Waals surface area contributed by atoms with Gasteiger partial charge in [0.2, 0.25) is 0 Å². The summed E-state index contributed by atoms with van der Waals surface area (Å²) < 4.78 is 12.7. The third-order valence-corrected chi connectivity index (χ3v) is 7.28. The van der Waals surface area contributed by atoms with E-state index >= 15 is 0 Å². The lowest BCUT2D eigenvalue weighted by atomic mass is 9.82. The predicted molar refractivity (Wildman–Crippen MR) is 154 cm³/mol. The number of pyridine rings is 1. The van der Waals surface area contributed by atoms with Gasteiger partial charge >= 0.3 is 0 Å². The van der Waals surface area contributed by atoms with E-state index in [1.165, 1.54) is 21.9 Å². The van der Waals surface area contributed by atoms with Gasteiger partial charge in [0.15, 0.2) is 0 Å². The minimum Gasteiger partial charge on any atom is -0.461 e. The van der Waals surface area contributed by atoms with Crippen molar-refractivity contribution in [3.63, 3.8) is 0 Å². The molecule has 0 fully saturated rings. The fourth-order valence-electron chi connectivity index (χ4n) is 5.58. The maximum Gasteiger partial charge on any atom is 0.138 e. The van der Waals surface area contributed by atoms with Crippen molar-refractivity contribution in [3.8, 4) is 22.6 Å². The fourth-order valence-corrected chi connectivity index (χ4v) is 5.58. The average molecular weight is 488 g/mol. The Bertz CT molecular complexity index is 1780. The van der Waals surface area contributed by atoms with Crippen LogP contribution in [0.4, 0.5) is 0 Å². The molecule has 0 aliphatic heterocycles. The van der Waals surface area contributed by atoms with Gasteiger partial charge in [-0.2, -0.15) is 0 Å². The smallest absolute Gasteiger partial charge is 0.138 e. The monoisotopic (exact) mass is 487 g/mol. The second-order valence-corrected chi connectivity index (χ2v) is 11.6. The highest BCUT2D eigenvalue weighted by atomic mass is 16.3. The van der Waals surface area contributed by atoms with Crippen LogP contribution in [-0.4, -0.2) is 4.98 Å². The van der Waals surface area contributed by atoms with E-state index < -0.39 is 0 Å². The topological polar surface area (TPSA) is 39.2 Å². The van der Waals surface area contributed by atoms with Crippen LogP contribution in [0.15, 0.2) is 81.8 Å². The van der Waals surface area contributed by atoms with Gasteiger partial charge in [0, 0.05) is 33.7 Å². The van der Waals surface area contributed by atoms with Gasteiger partial charge < -0.3 is 8.83 Å². The lowest BCUT2D eigenvalue weighted by Crippen LogP contribution is -2.12. The maximum atomic E-state index is 6.50. The summed E-state index contributed by atoms with van der Waals surface area (Å²) in [5.41, 5.74) is 7.47. The molecule has 0 saturated carbocycles. The molecular weight excluding hydrogens is 454 g/mol. The van der Waals surface area contributed by atoms with E-state index in [-0.39, 0.29) is 5.41 Å². The van der Waals surface area contributed by atoms with Gasteiger partial charge in [-0.3, -0.25) is 4.98 Å². The van der Waals surface area contributed by atoms with Crippen LogP contribution in [-0.2, 0) is 11.8 Å². The van der Waals surface area contributed by atoms with Crippen LogP contribution in [0.5, 0.6) is 0 Å². The standard InChI is InChI=1S/C34H33NO2/c1-20(2)16-26-21(3)36-30-13-9-12-25(32(26)30)31-19-27-29(37-31)14-15-35-33(27)23-17-22-10-7-8-11-24(22)28(18-23)34(4,5)6/h7-15,17-20H,16H2,1-6H3. The van der Waals surface area contributed by atoms with Gasteiger partial charge in [-0.15, -0.1) is 0 Å². The minimum absolute atomic E-state index is 0.00662. The van der Waals surface area contributed by atoms with Gasteiger partial charge in [0.05, 0.1) is 5.69 Å². The molecule has 6 aromatic rings. The Labute approximate surface area is 218 Å². The van der Waals surface area contributed by atoms with Crippen molar-refractivity contribution >= 4 is 32.7 Å². The van der Waals surface area contributed by atoms with E-state index in [1.807, 2.05) is 18.3 Å².